The van der Waals surface area contributed by atoms with E-state index in [-0.39, 0.29) is 17.0 Å². The summed E-state index contributed by atoms with van der Waals surface area (Å²) in [6.07, 6.45) is 0.772. The number of anilines is 1. The largest absolute Gasteiger partial charge is 0.326 e. The molecule has 0 spiro atoms. The SMILES string of the molecule is O=C1CCc2cc(C(=O)c3ccc(F)cc3)c(F)cc2N1. The molecule has 0 aromatic heterocycles. The van der Waals surface area contributed by atoms with Crippen LogP contribution < -0.4 is 5.32 Å². The van der Waals surface area contributed by atoms with Crippen molar-refractivity contribution in [1.82, 2.24) is 0 Å². The summed E-state index contributed by atoms with van der Waals surface area (Å²) in [5.41, 5.74) is 1.27. The molecule has 0 bridgehead atoms. The van der Waals surface area contributed by atoms with E-state index in [1.165, 1.54) is 18.2 Å². The Morgan fingerprint density at radius 1 is 1.05 bits per heavy atom. The number of aryl methyl sites for hydroxylation is 1. The van der Waals surface area contributed by atoms with Crippen molar-refractivity contribution >= 4 is 17.4 Å². The Balaban J connectivity index is 2.01. The molecule has 0 atom stereocenters. The van der Waals surface area contributed by atoms with E-state index in [1.54, 1.807) is 0 Å². The van der Waals surface area contributed by atoms with Gasteiger partial charge < -0.3 is 5.32 Å². The lowest BCUT2D eigenvalue weighted by molar-refractivity contribution is -0.116. The first-order valence-electron chi connectivity index (χ1n) is 6.47. The summed E-state index contributed by atoms with van der Waals surface area (Å²) >= 11 is 0. The van der Waals surface area contributed by atoms with Gasteiger partial charge in [-0.2, -0.15) is 0 Å². The molecule has 21 heavy (non-hydrogen) atoms. The van der Waals surface area contributed by atoms with Gasteiger partial charge in [0.1, 0.15) is 11.6 Å². The Hall–Kier alpha value is -2.56. The van der Waals surface area contributed by atoms with Crippen molar-refractivity contribution in [3.63, 3.8) is 0 Å². The standard InChI is InChI=1S/C16H11F2NO2/c17-11-4-1-9(2-5-11)16(21)12-7-10-3-6-15(20)19-14(10)8-13(12)18/h1-2,4-5,7-8H,3,6H2,(H,19,20). The van der Waals surface area contributed by atoms with Gasteiger partial charge in [-0.1, -0.05) is 0 Å². The molecular formula is C16H11F2NO2. The fourth-order valence-corrected chi connectivity index (χ4v) is 2.33. The number of rotatable bonds is 2. The third-order valence-electron chi connectivity index (χ3n) is 3.44. The summed E-state index contributed by atoms with van der Waals surface area (Å²) in [6.45, 7) is 0. The van der Waals surface area contributed by atoms with Crippen molar-refractivity contribution in [3.05, 3.63) is 64.7 Å². The highest BCUT2D eigenvalue weighted by atomic mass is 19.1. The van der Waals surface area contributed by atoms with Gasteiger partial charge in [-0.3, -0.25) is 9.59 Å². The number of halogens is 2. The van der Waals surface area contributed by atoms with Crippen LogP contribution in [0, 0.1) is 11.6 Å². The molecule has 3 rings (SSSR count). The van der Waals surface area contributed by atoms with E-state index in [0.29, 0.717) is 18.5 Å². The zero-order valence-electron chi connectivity index (χ0n) is 11.0. The van der Waals surface area contributed by atoms with Crippen LogP contribution in [-0.4, -0.2) is 11.7 Å². The van der Waals surface area contributed by atoms with Crippen LogP contribution in [0.15, 0.2) is 36.4 Å². The van der Waals surface area contributed by atoms with Gasteiger partial charge >= 0.3 is 0 Å². The number of hydrogen-bond acceptors (Lipinski definition) is 2. The molecule has 0 saturated heterocycles. The van der Waals surface area contributed by atoms with Crippen LogP contribution in [0.5, 0.6) is 0 Å². The van der Waals surface area contributed by atoms with E-state index in [1.807, 2.05) is 0 Å². The van der Waals surface area contributed by atoms with Crippen LogP contribution in [0.1, 0.15) is 27.9 Å². The van der Waals surface area contributed by atoms with Gasteiger partial charge in [0, 0.05) is 17.7 Å². The Morgan fingerprint density at radius 2 is 1.76 bits per heavy atom. The van der Waals surface area contributed by atoms with Crippen molar-refractivity contribution in [1.29, 1.82) is 0 Å². The molecule has 5 heteroatoms. The van der Waals surface area contributed by atoms with Crippen molar-refractivity contribution in [2.45, 2.75) is 12.8 Å². The van der Waals surface area contributed by atoms with E-state index >= 15 is 0 Å². The third-order valence-corrected chi connectivity index (χ3v) is 3.44. The second-order valence-electron chi connectivity index (χ2n) is 4.87. The van der Waals surface area contributed by atoms with E-state index in [4.69, 9.17) is 0 Å². The first kappa shape index (κ1) is 13.4. The van der Waals surface area contributed by atoms with Crippen LogP contribution in [0.4, 0.5) is 14.5 Å². The van der Waals surface area contributed by atoms with Gasteiger partial charge in [0.15, 0.2) is 5.78 Å². The summed E-state index contributed by atoms with van der Waals surface area (Å²) in [4.78, 5) is 23.6. The van der Waals surface area contributed by atoms with Crippen LogP contribution >= 0.6 is 0 Å². The minimum atomic E-state index is -0.703. The van der Waals surface area contributed by atoms with Gasteiger partial charge in [0.25, 0.3) is 0 Å². The molecule has 0 aliphatic carbocycles. The topological polar surface area (TPSA) is 46.2 Å². The molecule has 1 N–H and O–H groups in total. The Bertz CT molecular complexity index is 739. The highest BCUT2D eigenvalue weighted by Gasteiger charge is 2.21. The normalized spacial score (nSPS) is 13.5. The van der Waals surface area contributed by atoms with Crippen molar-refractivity contribution < 1.29 is 18.4 Å². The lowest BCUT2D eigenvalue weighted by Gasteiger charge is -2.18. The number of benzene rings is 2. The molecule has 106 valence electrons. The Morgan fingerprint density at radius 3 is 2.48 bits per heavy atom. The fourth-order valence-electron chi connectivity index (χ4n) is 2.33. The Kier molecular flexibility index (Phi) is 3.25. The second kappa shape index (κ2) is 5.09. The maximum absolute atomic E-state index is 14.1. The molecule has 1 aliphatic heterocycles. The summed E-state index contributed by atoms with van der Waals surface area (Å²) in [7, 11) is 0. The lowest BCUT2D eigenvalue weighted by atomic mass is 9.96. The predicted molar refractivity (Wildman–Crippen MR) is 73.2 cm³/mol. The maximum atomic E-state index is 14.1. The van der Waals surface area contributed by atoms with Gasteiger partial charge in [-0.25, -0.2) is 8.78 Å². The highest BCUT2D eigenvalue weighted by Crippen LogP contribution is 2.27. The minimum Gasteiger partial charge on any atom is -0.326 e. The second-order valence-corrected chi connectivity index (χ2v) is 4.87. The number of carbonyl (C=O) groups is 2. The lowest BCUT2D eigenvalue weighted by Crippen LogP contribution is -2.20. The average molecular weight is 287 g/mol. The first-order chi connectivity index (χ1) is 10.0. The molecule has 2 aromatic carbocycles. The summed E-state index contributed by atoms with van der Waals surface area (Å²) in [6, 6.07) is 7.56. The average Bonchev–Trinajstić information content (AvgIpc) is 2.46. The van der Waals surface area contributed by atoms with Gasteiger partial charge in [-0.05, 0) is 48.4 Å². The molecular weight excluding hydrogens is 276 g/mol. The van der Waals surface area contributed by atoms with Crippen molar-refractivity contribution in [2.24, 2.45) is 0 Å². The molecule has 0 fully saturated rings. The molecule has 0 radical (unpaired) electrons. The molecule has 1 amide bonds. The zero-order valence-corrected chi connectivity index (χ0v) is 11.0. The zero-order chi connectivity index (χ0) is 15.0. The summed E-state index contributed by atoms with van der Waals surface area (Å²) < 4.78 is 26.9. The van der Waals surface area contributed by atoms with E-state index in [2.05, 4.69) is 5.32 Å². The van der Waals surface area contributed by atoms with Gasteiger partial charge in [0.05, 0.1) is 5.56 Å². The fraction of sp³-hybridized carbons (Fsp3) is 0.125. The van der Waals surface area contributed by atoms with E-state index in [0.717, 1.165) is 23.8 Å². The van der Waals surface area contributed by atoms with Gasteiger partial charge in [0.2, 0.25) is 5.91 Å². The van der Waals surface area contributed by atoms with Crippen molar-refractivity contribution in [2.75, 3.05) is 5.32 Å². The van der Waals surface area contributed by atoms with Crippen LogP contribution in [0.3, 0.4) is 0 Å². The minimum absolute atomic E-state index is 0.0727. The molecule has 2 aromatic rings. The number of fused-ring (bicyclic) bond motifs is 1. The van der Waals surface area contributed by atoms with E-state index < -0.39 is 17.4 Å². The van der Waals surface area contributed by atoms with Gasteiger partial charge in [-0.15, -0.1) is 0 Å². The number of hydrogen-bond donors (Lipinski definition) is 1. The van der Waals surface area contributed by atoms with Crippen LogP contribution in [0.25, 0.3) is 0 Å². The maximum Gasteiger partial charge on any atom is 0.224 e. The third kappa shape index (κ3) is 2.54. The quantitative estimate of drug-likeness (QED) is 0.863. The number of nitrogens with one attached hydrogen (secondary N) is 1. The highest BCUT2D eigenvalue weighted by molar-refractivity contribution is 6.09. The number of carbonyl (C=O) groups excluding carboxylic acids is 2. The molecule has 1 heterocycles. The van der Waals surface area contributed by atoms with Crippen molar-refractivity contribution in [3.8, 4) is 0 Å². The Labute approximate surface area is 119 Å². The monoisotopic (exact) mass is 287 g/mol. The number of amides is 1. The summed E-state index contributed by atoms with van der Waals surface area (Å²) in [5.74, 6) is -1.84. The smallest absolute Gasteiger partial charge is 0.224 e. The van der Waals surface area contributed by atoms with E-state index in [9.17, 15) is 18.4 Å². The predicted octanol–water partition coefficient (Wildman–Crippen LogP) is 3.08. The van der Waals surface area contributed by atoms with Crippen LogP contribution in [-0.2, 0) is 11.2 Å². The molecule has 3 nitrogen and oxygen atoms in total. The first-order valence-corrected chi connectivity index (χ1v) is 6.47. The molecule has 0 saturated carbocycles. The molecule has 1 aliphatic rings. The van der Waals surface area contributed by atoms with Crippen LogP contribution in [0.2, 0.25) is 0 Å². The molecule has 0 unspecified atom stereocenters. The number of ketones is 1. The summed E-state index contributed by atoms with van der Waals surface area (Å²) in [5, 5.41) is 2.57.